The monoisotopic (exact) mass is 291 g/mol. The van der Waals surface area contributed by atoms with E-state index in [1.54, 1.807) is 7.11 Å². The third-order valence-corrected chi connectivity index (χ3v) is 4.80. The number of morpholine rings is 1. The van der Waals surface area contributed by atoms with Gasteiger partial charge in [0.1, 0.15) is 5.75 Å². The van der Waals surface area contributed by atoms with Crippen LogP contribution in [0.15, 0.2) is 24.3 Å². The Hall–Kier alpha value is -1.06. The Labute approximate surface area is 129 Å². The summed E-state index contributed by atoms with van der Waals surface area (Å²) in [7, 11) is 1.70. The Balaban J connectivity index is 1.97. The molecule has 1 heterocycles. The summed E-state index contributed by atoms with van der Waals surface area (Å²) in [5.74, 6) is 0.913. The molecular weight excluding hydrogens is 262 g/mol. The third kappa shape index (κ3) is 3.98. The molecule has 118 valence electrons. The summed E-state index contributed by atoms with van der Waals surface area (Å²) in [4.78, 5) is 0. The molecule has 0 bridgehead atoms. The zero-order valence-corrected chi connectivity index (χ0v) is 13.9. The number of aryl methyl sites for hydroxylation is 1. The number of hydrogen-bond acceptors (Lipinski definition) is 3. The van der Waals surface area contributed by atoms with Gasteiger partial charge < -0.3 is 14.8 Å². The first-order valence-electron chi connectivity index (χ1n) is 8.08. The summed E-state index contributed by atoms with van der Waals surface area (Å²) >= 11 is 0. The van der Waals surface area contributed by atoms with Gasteiger partial charge in [0.2, 0.25) is 0 Å². The van der Waals surface area contributed by atoms with E-state index in [4.69, 9.17) is 9.47 Å². The van der Waals surface area contributed by atoms with Gasteiger partial charge in [0.05, 0.1) is 18.3 Å². The van der Waals surface area contributed by atoms with Gasteiger partial charge in [0, 0.05) is 13.1 Å². The van der Waals surface area contributed by atoms with Gasteiger partial charge in [-0.15, -0.1) is 0 Å². The number of rotatable bonds is 6. The molecule has 1 N–H and O–H groups in total. The van der Waals surface area contributed by atoms with Crippen LogP contribution in [0.3, 0.4) is 0 Å². The summed E-state index contributed by atoms with van der Waals surface area (Å²) in [5.41, 5.74) is 1.27. The van der Waals surface area contributed by atoms with E-state index in [2.05, 4.69) is 38.2 Å². The van der Waals surface area contributed by atoms with Crippen LogP contribution in [0.25, 0.3) is 0 Å². The van der Waals surface area contributed by atoms with E-state index in [1.807, 2.05) is 12.1 Å². The van der Waals surface area contributed by atoms with Crippen molar-refractivity contribution in [1.29, 1.82) is 0 Å². The molecule has 1 fully saturated rings. The highest BCUT2D eigenvalue weighted by Gasteiger charge is 2.40. The lowest BCUT2D eigenvalue weighted by atomic mass is 9.88. The van der Waals surface area contributed by atoms with Crippen molar-refractivity contribution >= 4 is 0 Å². The average molecular weight is 291 g/mol. The second kappa shape index (κ2) is 6.80. The molecule has 1 aliphatic rings. The molecule has 1 atom stereocenters. The molecule has 1 saturated heterocycles. The molecule has 2 rings (SSSR count). The van der Waals surface area contributed by atoms with Gasteiger partial charge in [-0.25, -0.2) is 0 Å². The molecule has 0 radical (unpaired) electrons. The normalized spacial score (nSPS) is 24.8. The van der Waals surface area contributed by atoms with E-state index in [0.29, 0.717) is 0 Å². The van der Waals surface area contributed by atoms with Gasteiger partial charge in [0.15, 0.2) is 0 Å². The zero-order valence-electron chi connectivity index (χ0n) is 13.9. The minimum Gasteiger partial charge on any atom is -0.497 e. The Kier molecular flexibility index (Phi) is 5.28. The van der Waals surface area contributed by atoms with Crippen LogP contribution in [0.4, 0.5) is 0 Å². The molecule has 1 aliphatic heterocycles. The van der Waals surface area contributed by atoms with Gasteiger partial charge in [-0.3, -0.25) is 0 Å². The van der Waals surface area contributed by atoms with Crippen LogP contribution in [-0.4, -0.2) is 31.4 Å². The molecule has 21 heavy (non-hydrogen) atoms. The molecule has 0 amide bonds. The van der Waals surface area contributed by atoms with Gasteiger partial charge in [-0.1, -0.05) is 26.0 Å². The molecule has 1 aromatic rings. The van der Waals surface area contributed by atoms with E-state index in [-0.39, 0.29) is 11.2 Å². The van der Waals surface area contributed by atoms with Crippen molar-refractivity contribution in [3.63, 3.8) is 0 Å². The van der Waals surface area contributed by atoms with E-state index in [1.165, 1.54) is 5.56 Å². The quantitative estimate of drug-likeness (QED) is 0.869. The van der Waals surface area contributed by atoms with Gasteiger partial charge in [0.25, 0.3) is 0 Å². The maximum Gasteiger partial charge on any atom is 0.118 e. The standard InChI is InChI=1S/C18H29NO2/c1-5-18(6-2)14-19-13-17(3,21-18)12-11-15-7-9-16(20-4)10-8-15/h7-10,19H,5-6,11-14H2,1-4H3. The topological polar surface area (TPSA) is 30.5 Å². The third-order valence-electron chi connectivity index (χ3n) is 4.80. The van der Waals surface area contributed by atoms with Crippen molar-refractivity contribution in [2.45, 2.75) is 57.7 Å². The minimum absolute atomic E-state index is 0.00685. The predicted octanol–water partition coefficient (Wildman–Crippen LogP) is 3.57. The van der Waals surface area contributed by atoms with Crippen LogP contribution < -0.4 is 10.1 Å². The molecule has 3 heteroatoms. The van der Waals surface area contributed by atoms with Crippen molar-refractivity contribution in [2.24, 2.45) is 0 Å². The van der Waals surface area contributed by atoms with Crippen LogP contribution >= 0.6 is 0 Å². The smallest absolute Gasteiger partial charge is 0.118 e. The van der Waals surface area contributed by atoms with Crippen molar-refractivity contribution < 1.29 is 9.47 Å². The van der Waals surface area contributed by atoms with Gasteiger partial charge >= 0.3 is 0 Å². The largest absolute Gasteiger partial charge is 0.497 e. The van der Waals surface area contributed by atoms with Crippen molar-refractivity contribution in [3.8, 4) is 5.75 Å². The van der Waals surface area contributed by atoms with Crippen LogP contribution in [-0.2, 0) is 11.2 Å². The van der Waals surface area contributed by atoms with Crippen LogP contribution in [0.5, 0.6) is 5.75 Å². The predicted molar refractivity (Wildman–Crippen MR) is 87.0 cm³/mol. The van der Waals surface area contributed by atoms with Crippen molar-refractivity contribution in [3.05, 3.63) is 29.8 Å². The fourth-order valence-electron chi connectivity index (χ4n) is 3.13. The lowest BCUT2D eigenvalue weighted by Gasteiger charge is -2.47. The maximum absolute atomic E-state index is 6.54. The summed E-state index contributed by atoms with van der Waals surface area (Å²) in [5, 5.41) is 3.58. The fourth-order valence-corrected chi connectivity index (χ4v) is 3.13. The first-order chi connectivity index (χ1) is 10.0. The summed E-state index contributed by atoms with van der Waals surface area (Å²) in [6.07, 6.45) is 4.20. The van der Waals surface area contributed by atoms with Crippen molar-refractivity contribution in [1.82, 2.24) is 5.32 Å². The molecule has 1 aromatic carbocycles. The highest BCUT2D eigenvalue weighted by atomic mass is 16.5. The number of nitrogens with one attached hydrogen (secondary N) is 1. The molecule has 0 saturated carbocycles. The Morgan fingerprint density at radius 2 is 1.81 bits per heavy atom. The SMILES string of the molecule is CCC1(CC)CNCC(C)(CCc2ccc(OC)cc2)O1. The van der Waals surface area contributed by atoms with E-state index in [0.717, 1.165) is 44.5 Å². The van der Waals surface area contributed by atoms with E-state index < -0.39 is 0 Å². The Bertz CT molecular complexity index is 439. The summed E-state index contributed by atoms with van der Waals surface area (Å²) in [6, 6.07) is 8.34. The van der Waals surface area contributed by atoms with Crippen LogP contribution in [0.2, 0.25) is 0 Å². The number of benzene rings is 1. The maximum atomic E-state index is 6.54. The number of ether oxygens (including phenoxy) is 2. The van der Waals surface area contributed by atoms with Crippen LogP contribution in [0, 0.1) is 0 Å². The molecule has 0 aliphatic carbocycles. The molecule has 0 spiro atoms. The summed E-state index contributed by atoms with van der Waals surface area (Å²) in [6.45, 7) is 8.59. The number of methoxy groups -OCH3 is 1. The molecule has 1 unspecified atom stereocenters. The molecule has 3 nitrogen and oxygen atoms in total. The fraction of sp³-hybridized carbons (Fsp3) is 0.667. The van der Waals surface area contributed by atoms with Crippen LogP contribution in [0.1, 0.15) is 45.6 Å². The second-order valence-electron chi connectivity index (χ2n) is 6.39. The highest BCUT2D eigenvalue weighted by Crippen LogP contribution is 2.32. The first kappa shape index (κ1) is 16.3. The zero-order chi connectivity index (χ0) is 15.3. The molecular formula is C18H29NO2. The lowest BCUT2D eigenvalue weighted by molar-refractivity contribution is -0.175. The van der Waals surface area contributed by atoms with E-state index in [9.17, 15) is 0 Å². The van der Waals surface area contributed by atoms with E-state index >= 15 is 0 Å². The minimum atomic E-state index is -0.0792. The van der Waals surface area contributed by atoms with Gasteiger partial charge in [-0.05, 0) is 50.3 Å². The molecule has 0 aromatic heterocycles. The number of hydrogen-bond donors (Lipinski definition) is 1. The average Bonchev–Trinajstić information content (AvgIpc) is 2.53. The highest BCUT2D eigenvalue weighted by molar-refractivity contribution is 5.27. The Morgan fingerprint density at radius 3 is 2.38 bits per heavy atom. The first-order valence-corrected chi connectivity index (χ1v) is 8.08. The van der Waals surface area contributed by atoms with Crippen molar-refractivity contribution in [2.75, 3.05) is 20.2 Å². The summed E-state index contributed by atoms with van der Waals surface area (Å²) < 4.78 is 11.7. The lowest BCUT2D eigenvalue weighted by Crippen LogP contribution is -2.59. The second-order valence-corrected chi connectivity index (χ2v) is 6.39. The van der Waals surface area contributed by atoms with Gasteiger partial charge in [-0.2, -0.15) is 0 Å². The Morgan fingerprint density at radius 1 is 1.14 bits per heavy atom.